The first-order chi connectivity index (χ1) is 25.0. The van der Waals surface area contributed by atoms with Crippen LogP contribution in [0.3, 0.4) is 0 Å². The number of ketones is 4. The number of hydrogen-bond donors (Lipinski definition) is 1. The number of Topliss-reactive ketones (excluding diaryl/α,β-unsaturated/α-hetero) is 4. The van der Waals surface area contributed by atoms with E-state index in [-0.39, 0.29) is 23.1 Å². The molecular formula is C46H35NO4. The summed E-state index contributed by atoms with van der Waals surface area (Å²) in [7, 11) is 0. The second kappa shape index (κ2) is 13.0. The topological polar surface area (TPSA) is 80.3 Å². The van der Waals surface area contributed by atoms with E-state index in [1.807, 2.05) is 84.9 Å². The highest BCUT2D eigenvalue weighted by molar-refractivity contribution is 6.13. The van der Waals surface area contributed by atoms with E-state index >= 15 is 19.2 Å². The Kier molecular flexibility index (Phi) is 8.21. The smallest absolute Gasteiger partial charge is 0.168 e. The summed E-state index contributed by atoms with van der Waals surface area (Å²) in [6.45, 7) is 0. The van der Waals surface area contributed by atoms with Gasteiger partial charge in [0.2, 0.25) is 0 Å². The summed E-state index contributed by atoms with van der Waals surface area (Å²) in [6, 6.07) is 54.8. The predicted octanol–water partition coefficient (Wildman–Crippen LogP) is 8.39. The number of carbonyl (C=O) groups is 4. The molecule has 2 heterocycles. The Bertz CT molecular complexity index is 1930. The molecule has 0 radical (unpaired) electrons. The Morgan fingerprint density at radius 1 is 0.314 bits per heavy atom. The second-order valence-corrected chi connectivity index (χ2v) is 13.4. The standard InChI is InChI=1S/C46H35NO4/c48-41(31-19-7-1-8-20-31)37-38(42(49)32-21-9-2-10-22-32)46(36-29-17-6-18-30-36)40(44(51)34-25-13-4-14-26-34)39(43(50)33-23-11-3-12-24-33)45(37,47-46)35-27-15-5-16-28-35/h1-30,37-40,47H. The van der Waals surface area contributed by atoms with Gasteiger partial charge in [-0.05, 0) is 11.1 Å². The summed E-state index contributed by atoms with van der Waals surface area (Å²) in [5.41, 5.74) is 0.107. The predicted molar refractivity (Wildman–Crippen MR) is 196 cm³/mol. The van der Waals surface area contributed by atoms with E-state index in [9.17, 15) is 0 Å². The van der Waals surface area contributed by atoms with Gasteiger partial charge in [-0.25, -0.2) is 0 Å². The van der Waals surface area contributed by atoms with Crippen LogP contribution in [0.15, 0.2) is 182 Å². The molecule has 0 amide bonds. The van der Waals surface area contributed by atoms with Gasteiger partial charge in [-0.1, -0.05) is 182 Å². The summed E-state index contributed by atoms with van der Waals surface area (Å²) in [5.74, 6) is -5.38. The fourth-order valence-corrected chi connectivity index (χ4v) is 8.94. The maximum absolute atomic E-state index is 15.4. The second-order valence-electron chi connectivity index (χ2n) is 13.4. The fraction of sp³-hybridized carbons (Fsp3) is 0.130. The zero-order valence-electron chi connectivity index (χ0n) is 27.8. The van der Waals surface area contributed by atoms with Gasteiger partial charge in [-0.2, -0.15) is 0 Å². The lowest BCUT2D eigenvalue weighted by molar-refractivity contribution is 0.0322. The Morgan fingerprint density at radius 2 is 0.510 bits per heavy atom. The van der Waals surface area contributed by atoms with Gasteiger partial charge in [0, 0.05) is 22.3 Å². The van der Waals surface area contributed by atoms with Crippen LogP contribution in [0.4, 0.5) is 0 Å². The molecular weight excluding hydrogens is 631 g/mol. The van der Waals surface area contributed by atoms with Gasteiger partial charge in [0.05, 0.1) is 34.7 Å². The van der Waals surface area contributed by atoms with Crippen molar-refractivity contribution >= 4 is 23.1 Å². The van der Waals surface area contributed by atoms with Crippen LogP contribution in [0.5, 0.6) is 0 Å². The molecule has 4 atom stereocenters. The highest BCUT2D eigenvalue weighted by Crippen LogP contribution is 2.68. The molecule has 2 saturated heterocycles. The summed E-state index contributed by atoms with van der Waals surface area (Å²) in [4.78, 5) is 61.6. The van der Waals surface area contributed by atoms with Crippen LogP contribution < -0.4 is 5.32 Å². The van der Waals surface area contributed by atoms with Crippen molar-refractivity contribution in [3.63, 3.8) is 0 Å². The van der Waals surface area contributed by atoms with Crippen molar-refractivity contribution in [2.24, 2.45) is 23.7 Å². The zero-order valence-corrected chi connectivity index (χ0v) is 27.8. The average molecular weight is 666 g/mol. The summed E-state index contributed by atoms with van der Waals surface area (Å²) < 4.78 is 0. The summed E-state index contributed by atoms with van der Waals surface area (Å²) in [5, 5.41) is 3.91. The number of nitrogens with one attached hydrogen (secondary N) is 1. The van der Waals surface area contributed by atoms with Crippen LogP contribution in [-0.4, -0.2) is 23.1 Å². The van der Waals surface area contributed by atoms with Crippen LogP contribution in [0, 0.1) is 23.7 Å². The van der Waals surface area contributed by atoms with Crippen LogP contribution >= 0.6 is 0 Å². The third-order valence-corrected chi connectivity index (χ3v) is 10.9. The van der Waals surface area contributed by atoms with Gasteiger partial charge in [0.15, 0.2) is 23.1 Å². The molecule has 0 aromatic heterocycles. The van der Waals surface area contributed by atoms with E-state index < -0.39 is 34.7 Å². The average Bonchev–Trinajstić information content (AvgIpc) is 3.71. The Labute approximate surface area is 297 Å². The number of carbonyl (C=O) groups excluding carboxylic acids is 4. The van der Waals surface area contributed by atoms with Crippen molar-refractivity contribution in [1.29, 1.82) is 0 Å². The van der Waals surface area contributed by atoms with E-state index in [1.54, 1.807) is 97.1 Å². The molecule has 6 aromatic rings. The minimum Gasteiger partial charge on any atom is -0.295 e. The van der Waals surface area contributed by atoms with Crippen LogP contribution in [0.1, 0.15) is 52.6 Å². The third-order valence-electron chi connectivity index (χ3n) is 10.9. The van der Waals surface area contributed by atoms with E-state index in [4.69, 9.17) is 0 Å². The Morgan fingerprint density at radius 3 is 0.725 bits per heavy atom. The molecule has 1 N–H and O–H groups in total. The first-order valence-corrected chi connectivity index (χ1v) is 17.3. The van der Waals surface area contributed by atoms with E-state index in [0.29, 0.717) is 33.4 Å². The van der Waals surface area contributed by atoms with Crippen molar-refractivity contribution in [3.05, 3.63) is 215 Å². The van der Waals surface area contributed by atoms with E-state index in [1.165, 1.54) is 0 Å². The molecule has 2 bridgehead atoms. The first-order valence-electron chi connectivity index (χ1n) is 17.3. The van der Waals surface area contributed by atoms with Crippen molar-refractivity contribution in [2.75, 3.05) is 0 Å². The maximum atomic E-state index is 15.4. The highest BCUT2D eigenvalue weighted by atomic mass is 16.1. The summed E-state index contributed by atoms with van der Waals surface area (Å²) in [6.07, 6.45) is 0. The molecule has 4 unspecified atom stereocenters. The molecule has 0 aliphatic carbocycles. The fourth-order valence-electron chi connectivity index (χ4n) is 8.94. The van der Waals surface area contributed by atoms with Gasteiger partial charge in [0.25, 0.3) is 0 Å². The molecule has 6 aromatic carbocycles. The van der Waals surface area contributed by atoms with Crippen molar-refractivity contribution in [3.8, 4) is 0 Å². The number of benzene rings is 6. The third kappa shape index (κ3) is 5.04. The highest BCUT2D eigenvalue weighted by Gasteiger charge is 2.80. The van der Waals surface area contributed by atoms with Crippen LogP contribution in [-0.2, 0) is 11.1 Å². The van der Waals surface area contributed by atoms with Gasteiger partial charge < -0.3 is 0 Å². The van der Waals surface area contributed by atoms with Crippen molar-refractivity contribution in [2.45, 2.75) is 11.1 Å². The van der Waals surface area contributed by atoms with E-state index in [2.05, 4.69) is 5.32 Å². The van der Waals surface area contributed by atoms with Gasteiger partial charge in [-0.15, -0.1) is 0 Å². The Balaban J connectivity index is 1.52. The van der Waals surface area contributed by atoms with Gasteiger partial charge in [0.1, 0.15) is 0 Å². The molecule has 2 fully saturated rings. The molecule has 0 saturated carbocycles. The number of fused-ring (bicyclic) bond motifs is 2. The zero-order chi connectivity index (χ0) is 35.0. The van der Waals surface area contributed by atoms with Crippen molar-refractivity contribution < 1.29 is 19.2 Å². The molecule has 2 aliphatic heterocycles. The molecule has 2 aliphatic rings. The first kappa shape index (κ1) is 32.2. The van der Waals surface area contributed by atoms with Crippen LogP contribution in [0.2, 0.25) is 0 Å². The lowest BCUT2D eigenvalue weighted by Gasteiger charge is -2.48. The minimum absolute atomic E-state index is 0.268. The lowest BCUT2D eigenvalue weighted by atomic mass is 9.49. The van der Waals surface area contributed by atoms with E-state index in [0.717, 1.165) is 0 Å². The molecule has 248 valence electrons. The quantitative estimate of drug-likeness (QED) is 0.149. The normalized spacial score (nSPS) is 24.9. The SMILES string of the molecule is O=C(c1ccccc1)C1C(C(=O)c2ccccc2)C2(c3ccccc3)NC1(c1ccccc1)C(C(=O)c1ccccc1)C2C(=O)c1ccccc1. The molecule has 0 spiro atoms. The lowest BCUT2D eigenvalue weighted by Crippen LogP contribution is -2.58. The number of hydrogen-bond acceptors (Lipinski definition) is 5. The minimum atomic E-state index is -1.47. The Hall–Kier alpha value is -6.04. The number of rotatable bonds is 10. The monoisotopic (exact) mass is 665 g/mol. The molecule has 5 heteroatoms. The van der Waals surface area contributed by atoms with Crippen molar-refractivity contribution in [1.82, 2.24) is 5.32 Å². The van der Waals surface area contributed by atoms with Crippen LogP contribution in [0.25, 0.3) is 0 Å². The molecule has 8 rings (SSSR count). The van der Waals surface area contributed by atoms with Gasteiger partial charge >= 0.3 is 0 Å². The largest absolute Gasteiger partial charge is 0.295 e. The molecule has 51 heavy (non-hydrogen) atoms. The summed E-state index contributed by atoms with van der Waals surface area (Å²) >= 11 is 0. The molecule has 5 nitrogen and oxygen atoms in total. The van der Waals surface area contributed by atoms with Gasteiger partial charge in [-0.3, -0.25) is 24.5 Å². The maximum Gasteiger partial charge on any atom is 0.168 e.